The van der Waals surface area contributed by atoms with Crippen LogP contribution in [0.25, 0.3) is 11.1 Å². The Morgan fingerprint density at radius 1 is 1.22 bits per heavy atom. The van der Waals surface area contributed by atoms with Crippen LogP contribution in [-0.4, -0.2) is 46.1 Å². The lowest BCUT2D eigenvalue weighted by molar-refractivity contribution is 0.0599. The summed E-state index contributed by atoms with van der Waals surface area (Å²) in [6.45, 7) is 6.05. The lowest BCUT2D eigenvalue weighted by Crippen LogP contribution is -2.37. The van der Waals surface area contributed by atoms with Crippen molar-refractivity contribution in [2.45, 2.75) is 13.5 Å². The molecule has 0 saturated carbocycles. The molecular formula is C21H24N2O4. The lowest BCUT2D eigenvalue weighted by Gasteiger charge is -2.31. The number of anilines is 1. The third-order valence-corrected chi connectivity index (χ3v) is 5.10. The zero-order chi connectivity index (χ0) is 18.8. The Morgan fingerprint density at radius 2 is 2.04 bits per heavy atom. The summed E-state index contributed by atoms with van der Waals surface area (Å²) in [5, 5.41) is 3.22. The van der Waals surface area contributed by atoms with Gasteiger partial charge in [-0.25, -0.2) is 4.79 Å². The molecule has 1 N–H and O–H groups in total. The van der Waals surface area contributed by atoms with E-state index in [9.17, 15) is 4.79 Å². The van der Waals surface area contributed by atoms with E-state index in [1.807, 2.05) is 19.1 Å². The van der Waals surface area contributed by atoms with Crippen molar-refractivity contribution >= 4 is 11.7 Å². The van der Waals surface area contributed by atoms with Crippen molar-refractivity contribution < 1.29 is 19.0 Å². The van der Waals surface area contributed by atoms with Crippen LogP contribution in [0.15, 0.2) is 30.3 Å². The van der Waals surface area contributed by atoms with Crippen LogP contribution in [0.2, 0.25) is 0 Å². The molecule has 2 aromatic rings. The Kier molecular flexibility index (Phi) is 5.01. The standard InChI is InChI=1S/C21H24N2O4/c1-14-10-16(17-5-3-4-15-12-22-13-27-20(15)17)11-18(19(14)21(24)25-2)23-6-8-26-9-7-23/h3-5,10-11,22H,6-9,12-13H2,1-2H3. The van der Waals surface area contributed by atoms with Gasteiger partial charge < -0.3 is 19.1 Å². The summed E-state index contributed by atoms with van der Waals surface area (Å²) in [5.74, 6) is 0.602. The van der Waals surface area contributed by atoms with Gasteiger partial charge in [0.1, 0.15) is 12.5 Å². The number of aryl methyl sites for hydroxylation is 1. The number of hydrogen-bond donors (Lipinski definition) is 1. The summed E-state index contributed by atoms with van der Waals surface area (Å²) >= 11 is 0. The summed E-state index contributed by atoms with van der Waals surface area (Å²) in [6.07, 6.45) is 0. The van der Waals surface area contributed by atoms with Gasteiger partial charge in [0.2, 0.25) is 0 Å². The number of esters is 1. The highest BCUT2D eigenvalue weighted by atomic mass is 16.5. The van der Waals surface area contributed by atoms with E-state index in [0.717, 1.165) is 53.3 Å². The molecule has 0 spiro atoms. The number of para-hydroxylation sites is 1. The lowest BCUT2D eigenvalue weighted by atomic mass is 9.95. The van der Waals surface area contributed by atoms with Crippen molar-refractivity contribution in [2.75, 3.05) is 45.0 Å². The summed E-state index contributed by atoms with van der Waals surface area (Å²) in [5.41, 5.74) is 5.64. The largest absolute Gasteiger partial charge is 0.477 e. The molecule has 2 aromatic carbocycles. The van der Waals surface area contributed by atoms with Crippen LogP contribution in [0.5, 0.6) is 5.75 Å². The fourth-order valence-electron chi connectivity index (χ4n) is 3.78. The van der Waals surface area contributed by atoms with Gasteiger partial charge >= 0.3 is 5.97 Å². The Morgan fingerprint density at radius 3 is 2.81 bits per heavy atom. The molecule has 0 amide bonds. The van der Waals surface area contributed by atoms with Crippen molar-refractivity contribution in [2.24, 2.45) is 0 Å². The number of ether oxygens (including phenoxy) is 3. The van der Waals surface area contributed by atoms with E-state index in [0.29, 0.717) is 25.5 Å². The minimum atomic E-state index is -0.309. The number of nitrogens with one attached hydrogen (secondary N) is 1. The molecule has 2 heterocycles. The molecule has 1 saturated heterocycles. The molecule has 0 atom stereocenters. The molecule has 0 bridgehead atoms. The maximum atomic E-state index is 12.5. The highest BCUT2D eigenvalue weighted by molar-refractivity contribution is 5.99. The Hall–Kier alpha value is -2.57. The molecule has 1 fully saturated rings. The predicted octanol–water partition coefficient (Wildman–Crippen LogP) is 2.72. The first-order valence-corrected chi connectivity index (χ1v) is 9.20. The molecule has 142 valence electrons. The van der Waals surface area contributed by atoms with Crippen LogP contribution in [0, 0.1) is 6.92 Å². The van der Waals surface area contributed by atoms with Crippen molar-refractivity contribution in [1.29, 1.82) is 0 Å². The molecular weight excluding hydrogens is 344 g/mol. The highest BCUT2D eigenvalue weighted by Crippen LogP contribution is 2.38. The van der Waals surface area contributed by atoms with Crippen molar-refractivity contribution in [1.82, 2.24) is 5.32 Å². The molecule has 2 aliphatic rings. The normalized spacial score (nSPS) is 16.4. The average molecular weight is 368 g/mol. The van der Waals surface area contributed by atoms with Crippen LogP contribution >= 0.6 is 0 Å². The van der Waals surface area contributed by atoms with Crippen molar-refractivity contribution in [3.63, 3.8) is 0 Å². The quantitative estimate of drug-likeness (QED) is 0.841. The Balaban J connectivity index is 1.85. The second kappa shape index (κ2) is 7.58. The zero-order valence-electron chi connectivity index (χ0n) is 15.7. The zero-order valence-corrected chi connectivity index (χ0v) is 15.7. The number of nitrogens with zero attached hydrogens (tertiary/aromatic N) is 1. The van der Waals surface area contributed by atoms with E-state index in [2.05, 4.69) is 28.4 Å². The molecule has 0 aromatic heterocycles. The molecule has 4 rings (SSSR count). The van der Waals surface area contributed by atoms with E-state index in [-0.39, 0.29) is 5.97 Å². The van der Waals surface area contributed by atoms with Crippen molar-refractivity contribution in [3.8, 4) is 16.9 Å². The first-order chi connectivity index (χ1) is 13.2. The third-order valence-electron chi connectivity index (χ3n) is 5.10. The Labute approximate surface area is 159 Å². The maximum Gasteiger partial charge on any atom is 0.340 e. The molecule has 27 heavy (non-hydrogen) atoms. The van der Waals surface area contributed by atoms with Crippen LogP contribution in [0.4, 0.5) is 5.69 Å². The second-order valence-electron chi connectivity index (χ2n) is 6.79. The van der Waals surface area contributed by atoms with Crippen LogP contribution in [0.3, 0.4) is 0 Å². The summed E-state index contributed by atoms with van der Waals surface area (Å²) in [4.78, 5) is 14.7. The molecule has 0 unspecified atom stereocenters. The van der Waals surface area contributed by atoms with Crippen LogP contribution in [-0.2, 0) is 16.0 Å². The minimum Gasteiger partial charge on any atom is -0.477 e. The van der Waals surface area contributed by atoms with Crippen molar-refractivity contribution in [3.05, 3.63) is 47.0 Å². The number of fused-ring (bicyclic) bond motifs is 1. The number of rotatable bonds is 3. The number of carbonyl (C=O) groups is 1. The van der Waals surface area contributed by atoms with E-state index in [1.165, 1.54) is 7.11 Å². The predicted molar refractivity (Wildman–Crippen MR) is 103 cm³/mol. The molecule has 0 aliphatic carbocycles. The number of methoxy groups -OCH3 is 1. The first-order valence-electron chi connectivity index (χ1n) is 9.20. The topological polar surface area (TPSA) is 60.0 Å². The SMILES string of the molecule is COC(=O)c1c(C)cc(-c2cccc3c2OCNC3)cc1N1CCOCC1. The fourth-order valence-corrected chi connectivity index (χ4v) is 3.78. The van der Waals surface area contributed by atoms with E-state index in [1.54, 1.807) is 0 Å². The van der Waals surface area contributed by atoms with Gasteiger partial charge in [0.25, 0.3) is 0 Å². The van der Waals surface area contributed by atoms with Gasteiger partial charge in [-0.15, -0.1) is 0 Å². The Bertz CT molecular complexity index is 860. The number of morpholine rings is 1. The summed E-state index contributed by atoms with van der Waals surface area (Å²) < 4.78 is 16.4. The maximum absolute atomic E-state index is 12.5. The summed E-state index contributed by atoms with van der Waals surface area (Å²) in [7, 11) is 1.42. The van der Waals surface area contributed by atoms with E-state index < -0.39 is 0 Å². The smallest absolute Gasteiger partial charge is 0.340 e. The number of benzene rings is 2. The third kappa shape index (κ3) is 3.38. The van der Waals surface area contributed by atoms with Gasteiger partial charge in [-0.1, -0.05) is 24.3 Å². The first kappa shape index (κ1) is 17.8. The highest BCUT2D eigenvalue weighted by Gasteiger charge is 2.24. The summed E-state index contributed by atoms with van der Waals surface area (Å²) in [6, 6.07) is 10.3. The van der Waals surface area contributed by atoms with Gasteiger partial charge in [-0.3, -0.25) is 5.32 Å². The van der Waals surface area contributed by atoms with Gasteiger partial charge in [-0.2, -0.15) is 0 Å². The van der Waals surface area contributed by atoms with E-state index in [4.69, 9.17) is 14.2 Å². The number of hydrogen-bond acceptors (Lipinski definition) is 6. The van der Waals surface area contributed by atoms with Gasteiger partial charge in [0.15, 0.2) is 0 Å². The molecule has 6 nitrogen and oxygen atoms in total. The number of carbonyl (C=O) groups excluding carboxylic acids is 1. The van der Waals surface area contributed by atoms with Crippen LogP contribution < -0.4 is 15.0 Å². The van der Waals surface area contributed by atoms with Gasteiger partial charge in [0, 0.05) is 30.8 Å². The van der Waals surface area contributed by atoms with E-state index >= 15 is 0 Å². The minimum absolute atomic E-state index is 0.309. The average Bonchev–Trinajstić information content (AvgIpc) is 2.73. The van der Waals surface area contributed by atoms with Gasteiger partial charge in [0.05, 0.1) is 31.6 Å². The monoisotopic (exact) mass is 368 g/mol. The van der Waals surface area contributed by atoms with Gasteiger partial charge in [-0.05, 0) is 24.1 Å². The second-order valence-corrected chi connectivity index (χ2v) is 6.79. The molecule has 2 aliphatic heterocycles. The van der Waals surface area contributed by atoms with Crippen LogP contribution in [0.1, 0.15) is 21.5 Å². The molecule has 6 heteroatoms. The molecule has 0 radical (unpaired) electrons. The fraction of sp³-hybridized carbons (Fsp3) is 0.381.